The number of aryl methyl sites for hydroxylation is 1. The Morgan fingerprint density at radius 2 is 1.95 bits per heavy atom. The molecular formula is C16H18N4O. The molecule has 0 atom stereocenters. The Bertz CT molecular complexity index is 751. The molecule has 0 radical (unpaired) electrons. The maximum Gasteiger partial charge on any atom is 0.243 e. The van der Waals surface area contributed by atoms with Gasteiger partial charge in [0.2, 0.25) is 5.95 Å². The fraction of sp³-hybridized carbons (Fsp3) is 0.250. The van der Waals surface area contributed by atoms with Crippen molar-refractivity contribution >= 4 is 11.6 Å². The van der Waals surface area contributed by atoms with Crippen molar-refractivity contribution in [3.8, 4) is 0 Å². The van der Waals surface area contributed by atoms with E-state index in [1.165, 1.54) is 11.1 Å². The SMILES string of the molecule is COCc1ccccc1CNc1nc2c(C)cccn2n1. The average molecular weight is 282 g/mol. The third-order valence-electron chi connectivity index (χ3n) is 3.41. The van der Waals surface area contributed by atoms with Gasteiger partial charge in [-0.15, -0.1) is 5.10 Å². The summed E-state index contributed by atoms with van der Waals surface area (Å²) in [6.07, 6.45) is 1.90. The van der Waals surface area contributed by atoms with Crippen LogP contribution in [0, 0.1) is 6.92 Å². The second-order valence-electron chi connectivity index (χ2n) is 4.95. The van der Waals surface area contributed by atoms with Gasteiger partial charge in [-0.05, 0) is 29.7 Å². The summed E-state index contributed by atoms with van der Waals surface area (Å²) in [6, 6.07) is 12.2. The lowest BCUT2D eigenvalue weighted by atomic mass is 10.1. The van der Waals surface area contributed by atoms with Crippen LogP contribution < -0.4 is 5.32 Å². The molecule has 108 valence electrons. The van der Waals surface area contributed by atoms with E-state index < -0.39 is 0 Å². The zero-order valence-electron chi connectivity index (χ0n) is 12.2. The fourth-order valence-electron chi connectivity index (χ4n) is 2.31. The van der Waals surface area contributed by atoms with Crippen molar-refractivity contribution in [3.05, 3.63) is 59.3 Å². The first-order valence-electron chi connectivity index (χ1n) is 6.89. The predicted molar refractivity (Wildman–Crippen MR) is 82.2 cm³/mol. The Kier molecular flexibility index (Phi) is 3.83. The lowest BCUT2D eigenvalue weighted by Crippen LogP contribution is -2.04. The molecule has 0 fully saturated rings. The molecule has 2 heterocycles. The van der Waals surface area contributed by atoms with Gasteiger partial charge in [-0.25, -0.2) is 4.52 Å². The highest BCUT2D eigenvalue weighted by molar-refractivity contribution is 5.50. The molecule has 1 N–H and O–H groups in total. The van der Waals surface area contributed by atoms with Crippen molar-refractivity contribution < 1.29 is 4.74 Å². The molecule has 0 unspecified atom stereocenters. The maximum atomic E-state index is 5.22. The lowest BCUT2D eigenvalue weighted by molar-refractivity contribution is 0.184. The number of anilines is 1. The van der Waals surface area contributed by atoms with E-state index in [9.17, 15) is 0 Å². The quantitative estimate of drug-likeness (QED) is 0.782. The molecule has 21 heavy (non-hydrogen) atoms. The number of hydrogen-bond acceptors (Lipinski definition) is 4. The summed E-state index contributed by atoms with van der Waals surface area (Å²) >= 11 is 0. The van der Waals surface area contributed by atoms with Crippen molar-refractivity contribution in [3.63, 3.8) is 0 Å². The van der Waals surface area contributed by atoms with E-state index >= 15 is 0 Å². The Hall–Kier alpha value is -2.40. The first-order chi connectivity index (χ1) is 10.3. The van der Waals surface area contributed by atoms with Gasteiger partial charge in [0.05, 0.1) is 6.61 Å². The largest absolute Gasteiger partial charge is 0.380 e. The molecule has 0 saturated heterocycles. The normalized spacial score (nSPS) is 11.0. The van der Waals surface area contributed by atoms with E-state index in [1.54, 1.807) is 11.6 Å². The van der Waals surface area contributed by atoms with Crippen LogP contribution in [0.2, 0.25) is 0 Å². The Balaban J connectivity index is 1.79. The van der Waals surface area contributed by atoms with Gasteiger partial charge in [0.25, 0.3) is 0 Å². The molecule has 5 heteroatoms. The van der Waals surface area contributed by atoms with E-state index in [4.69, 9.17) is 4.74 Å². The van der Waals surface area contributed by atoms with Crippen molar-refractivity contribution in [2.75, 3.05) is 12.4 Å². The molecule has 0 aliphatic heterocycles. The third kappa shape index (κ3) is 2.87. The summed E-state index contributed by atoms with van der Waals surface area (Å²) in [4.78, 5) is 4.51. The summed E-state index contributed by atoms with van der Waals surface area (Å²) < 4.78 is 7.01. The first kappa shape index (κ1) is 13.6. The monoisotopic (exact) mass is 282 g/mol. The van der Waals surface area contributed by atoms with Crippen molar-refractivity contribution in [2.45, 2.75) is 20.1 Å². The summed E-state index contributed by atoms with van der Waals surface area (Å²) in [5.74, 6) is 0.636. The number of ether oxygens (including phenoxy) is 1. The minimum atomic E-state index is 0.607. The second kappa shape index (κ2) is 5.93. The Morgan fingerprint density at radius 3 is 2.71 bits per heavy atom. The topological polar surface area (TPSA) is 51.5 Å². The molecule has 1 aromatic carbocycles. The van der Waals surface area contributed by atoms with Crippen LogP contribution in [-0.2, 0) is 17.9 Å². The van der Waals surface area contributed by atoms with Gasteiger partial charge in [0, 0.05) is 19.9 Å². The van der Waals surface area contributed by atoms with Crippen LogP contribution >= 0.6 is 0 Å². The van der Waals surface area contributed by atoms with Crippen molar-refractivity contribution in [1.29, 1.82) is 0 Å². The molecule has 3 rings (SSSR count). The second-order valence-corrected chi connectivity index (χ2v) is 4.95. The number of nitrogens with zero attached hydrogens (tertiary/aromatic N) is 3. The molecule has 5 nitrogen and oxygen atoms in total. The highest BCUT2D eigenvalue weighted by Gasteiger charge is 2.06. The van der Waals surface area contributed by atoms with Gasteiger partial charge in [0.1, 0.15) is 0 Å². The number of pyridine rings is 1. The number of methoxy groups -OCH3 is 1. The third-order valence-corrected chi connectivity index (χ3v) is 3.41. The molecule has 0 saturated carbocycles. The van der Waals surface area contributed by atoms with E-state index in [0.29, 0.717) is 19.1 Å². The van der Waals surface area contributed by atoms with Gasteiger partial charge in [-0.3, -0.25) is 0 Å². The van der Waals surface area contributed by atoms with Crippen LogP contribution in [-0.4, -0.2) is 21.7 Å². The number of fused-ring (bicyclic) bond motifs is 1. The van der Waals surface area contributed by atoms with Crippen LogP contribution in [0.1, 0.15) is 16.7 Å². The Morgan fingerprint density at radius 1 is 1.14 bits per heavy atom. The molecule has 0 spiro atoms. The van der Waals surface area contributed by atoms with Gasteiger partial charge >= 0.3 is 0 Å². The predicted octanol–water partition coefficient (Wildman–Crippen LogP) is 2.80. The van der Waals surface area contributed by atoms with Crippen LogP contribution in [0.4, 0.5) is 5.95 Å². The van der Waals surface area contributed by atoms with E-state index in [2.05, 4.69) is 27.5 Å². The Labute approximate surface area is 123 Å². The zero-order chi connectivity index (χ0) is 14.7. The van der Waals surface area contributed by atoms with Crippen molar-refractivity contribution in [1.82, 2.24) is 14.6 Å². The molecular weight excluding hydrogens is 264 g/mol. The molecule has 0 aliphatic carbocycles. The lowest BCUT2D eigenvalue weighted by Gasteiger charge is -2.08. The fourth-order valence-corrected chi connectivity index (χ4v) is 2.31. The molecule has 3 aromatic rings. The first-order valence-corrected chi connectivity index (χ1v) is 6.89. The van der Waals surface area contributed by atoms with Crippen LogP contribution in [0.15, 0.2) is 42.6 Å². The number of rotatable bonds is 5. The van der Waals surface area contributed by atoms with Crippen molar-refractivity contribution in [2.24, 2.45) is 0 Å². The van der Waals surface area contributed by atoms with Crippen LogP contribution in [0.5, 0.6) is 0 Å². The standard InChI is InChI=1S/C16H18N4O/c1-12-6-5-9-20-15(12)18-16(19-20)17-10-13-7-3-4-8-14(13)11-21-2/h3-9H,10-11H2,1-2H3,(H,17,19). The van der Waals surface area contributed by atoms with Gasteiger partial charge in [-0.1, -0.05) is 30.3 Å². The van der Waals surface area contributed by atoms with E-state index in [-0.39, 0.29) is 0 Å². The number of benzene rings is 1. The number of nitrogens with one attached hydrogen (secondary N) is 1. The minimum absolute atomic E-state index is 0.607. The molecule has 0 aliphatic rings. The van der Waals surface area contributed by atoms with Crippen LogP contribution in [0.25, 0.3) is 5.65 Å². The smallest absolute Gasteiger partial charge is 0.243 e. The van der Waals surface area contributed by atoms with Gasteiger partial charge < -0.3 is 10.1 Å². The highest BCUT2D eigenvalue weighted by atomic mass is 16.5. The summed E-state index contributed by atoms with van der Waals surface area (Å²) in [5.41, 5.74) is 4.35. The zero-order valence-corrected chi connectivity index (χ0v) is 12.2. The van der Waals surface area contributed by atoms with E-state index in [0.717, 1.165) is 11.2 Å². The van der Waals surface area contributed by atoms with Gasteiger partial charge in [0.15, 0.2) is 5.65 Å². The summed E-state index contributed by atoms with van der Waals surface area (Å²) in [6.45, 7) is 3.31. The minimum Gasteiger partial charge on any atom is -0.380 e. The molecule has 0 bridgehead atoms. The van der Waals surface area contributed by atoms with Crippen LogP contribution in [0.3, 0.4) is 0 Å². The maximum absolute atomic E-state index is 5.22. The van der Waals surface area contributed by atoms with Gasteiger partial charge in [-0.2, -0.15) is 4.98 Å². The van der Waals surface area contributed by atoms with E-state index in [1.807, 2.05) is 37.4 Å². The summed E-state index contributed by atoms with van der Waals surface area (Å²) in [5, 5.41) is 7.71. The highest BCUT2D eigenvalue weighted by Crippen LogP contribution is 2.13. The average Bonchev–Trinajstić information content (AvgIpc) is 2.91. The number of hydrogen-bond donors (Lipinski definition) is 1. The number of aromatic nitrogens is 3. The molecule has 2 aromatic heterocycles. The summed E-state index contributed by atoms with van der Waals surface area (Å²) in [7, 11) is 1.71. The molecule has 0 amide bonds.